The van der Waals surface area contributed by atoms with Crippen LogP contribution in [0.15, 0.2) is 75.8 Å². The van der Waals surface area contributed by atoms with E-state index in [1.165, 1.54) is 53.4 Å². The Bertz CT molecular complexity index is 826. The SMILES string of the molecule is O=C(/C=C\Sc1nc(-c2ccccc2)cs1)c1ccc(F)cc1. The molecule has 0 spiro atoms. The topological polar surface area (TPSA) is 30.0 Å². The summed E-state index contributed by atoms with van der Waals surface area (Å²) < 4.78 is 13.7. The normalized spacial score (nSPS) is 11.0. The van der Waals surface area contributed by atoms with E-state index in [4.69, 9.17) is 0 Å². The molecule has 0 aliphatic carbocycles. The van der Waals surface area contributed by atoms with Crippen molar-refractivity contribution in [1.29, 1.82) is 0 Å². The Kier molecular flexibility index (Phi) is 5.00. The van der Waals surface area contributed by atoms with Crippen molar-refractivity contribution in [3.63, 3.8) is 0 Å². The Morgan fingerprint density at radius 3 is 2.57 bits per heavy atom. The molecule has 0 fully saturated rings. The van der Waals surface area contributed by atoms with Crippen LogP contribution in [0, 0.1) is 5.82 Å². The van der Waals surface area contributed by atoms with Gasteiger partial charge in [-0.15, -0.1) is 11.3 Å². The van der Waals surface area contributed by atoms with Gasteiger partial charge in [0.1, 0.15) is 5.82 Å². The van der Waals surface area contributed by atoms with Gasteiger partial charge < -0.3 is 0 Å². The van der Waals surface area contributed by atoms with Crippen molar-refractivity contribution in [1.82, 2.24) is 4.98 Å². The molecule has 2 aromatic carbocycles. The molecule has 0 saturated heterocycles. The van der Waals surface area contributed by atoms with Gasteiger partial charge in [-0.1, -0.05) is 42.1 Å². The number of carbonyl (C=O) groups is 1. The maximum atomic E-state index is 12.8. The van der Waals surface area contributed by atoms with Gasteiger partial charge >= 0.3 is 0 Å². The van der Waals surface area contributed by atoms with Gasteiger partial charge in [0.15, 0.2) is 10.1 Å². The standard InChI is InChI=1S/C18H12FNOS2/c19-15-8-6-14(7-9-15)17(21)10-11-22-18-20-16(12-23-18)13-4-2-1-3-5-13/h1-12H/b11-10-. The van der Waals surface area contributed by atoms with Gasteiger partial charge in [-0.2, -0.15) is 0 Å². The van der Waals surface area contributed by atoms with Crippen LogP contribution in [0.25, 0.3) is 11.3 Å². The highest BCUT2D eigenvalue weighted by Gasteiger charge is 2.04. The lowest BCUT2D eigenvalue weighted by molar-refractivity contribution is 0.104. The van der Waals surface area contributed by atoms with Crippen LogP contribution in [-0.2, 0) is 0 Å². The second kappa shape index (κ2) is 7.35. The molecule has 0 N–H and O–H groups in total. The van der Waals surface area contributed by atoms with Crippen molar-refractivity contribution in [3.05, 3.63) is 82.8 Å². The molecule has 1 heterocycles. The maximum Gasteiger partial charge on any atom is 0.186 e. The lowest BCUT2D eigenvalue weighted by Gasteiger charge is -1.95. The van der Waals surface area contributed by atoms with Gasteiger partial charge in [-0.25, -0.2) is 9.37 Å². The number of ketones is 1. The van der Waals surface area contributed by atoms with E-state index in [9.17, 15) is 9.18 Å². The summed E-state index contributed by atoms with van der Waals surface area (Å²) in [5.74, 6) is -0.506. The van der Waals surface area contributed by atoms with Crippen molar-refractivity contribution in [2.45, 2.75) is 4.34 Å². The Balaban J connectivity index is 1.63. The van der Waals surface area contributed by atoms with Gasteiger partial charge in [-0.05, 0) is 35.7 Å². The van der Waals surface area contributed by atoms with E-state index in [-0.39, 0.29) is 11.6 Å². The van der Waals surface area contributed by atoms with Crippen LogP contribution in [0.5, 0.6) is 0 Å². The van der Waals surface area contributed by atoms with E-state index in [0.29, 0.717) is 5.56 Å². The number of nitrogens with zero attached hydrogens (tertiary/aromatic N) is 1. The first-order valence-electron chi connectivity index (χ1n) is 6.86. The molecule has 3 aromatic rings. The number of hydrogen-bond acceptors (Lipinski definition) is 4. The molecule has 0 atom stereocenters. The van der Waals surface area contributed by atoms with Crippen molar-refractivity contribution < 1.29 is 9.18 Å². The Hall–Kier alpha value is -2.24. The van der Waals surface area contributed by atoms with Crippen molar-refractivity contribution in [3.8, 4) is 11.3 Å². The summed E-state index contributed by atoms with van der Waals surface area (Å²) >= 11 is 2.93. The number of halogens is 1. The minimum atomic E-state index is -0.351. The third-order valence-corrected chi connectivity index (χ3v) is 4.85. The minimum absolute atomic E-state index is 0.155. The predicted octanol–water partition coefficient (Wildman–Crippen LogP) is 5.44. The fourth-order valence-electron chi connectivity index (χ4n) is 1.92. The van der Waals surface area contributed by atoms with Crippen LogP contribution in [0.3, 0.4) is 0 Å². The van der Waals surface area contributed by atoms with Gasteiger partial charge in [0.25, 0.3) is 0 Å². The Morgan fingerprint density at radius 1 is 1.09 bits per heavy atom. The molecule has 1 aromatic heterocycles. The van der Waals surface area contributed by atoms with Gasteiger partial charge in [0.2, 0.25) is 0 Å². The molecule has 23 heavy (non-hydrogen) atoms. The molecule has 0 unspecified atom stereocenters. The first kappa shape index (κ1) is 15.6. The van der Waals surface area contributed by atoms with Gasteiger partial charge in [0, 0.05) is 16.5 Å². The average molecular weight is 341 g/mol. The third kappa shape index (κ3) is 4.15. The number of hydrogen-bond donors (Lipinski definition) is 0. The fourth-order valence-corrected chi connectivity index (χ4v) is 3.46. The quantitative estimate of drug-likeness (QED) is 0.352. The van der Waals surface area contributed by atoms with E-state index >= 15 is 0 Å². The molecule has 0 bridgehead atoms. The van der Waals surface area contributed by atoms with E-state index in [0.717, 1.165) is 15.6 Å². The van der Waals surface area contributed by atoms with Crippen LogP contribution in [0.4, 0.5) is 4.39 Å². The number of thioether (sulfide) groups is 1. The minimum Gasteiger partial charge on any atom is -0.289 e. The number of benzene rings is 2. The highest BCUT2D eigenvalue weighted by Crippen LogP contribution is 2.28. The highest BCUT2D eigenvalue weighted by molar-refractivity contribution is 8.03. The van der Waals surface area contributed by atoms with E-state index in [2.05, 4.69) is 4.98 Å². The lowest BCUT2D eigenvalue weighted by atomic mass is 10.1. The van der Waals surface area contributed by atoms with Crippen LogP contribution < -0.4 is 0 Å². The summed E-state index contributed by atoms with van der Waals surface area (Å²) in [5, 5.41) is 3.70. The van der Waals surface area contributed by atoms with Crippen LogP contribution in [0.1, 0.15) is 10.4 Å². The summed E-state index contributed by atoms with van der Waals surface area (Å²) in [6, 6.07) is 15.4. The summed E-state index contributed by atoms with van der Waals surface area (Å²) in [7, 11) is 0. The van der Waals surface area contributed by atoms with Crippen molar-refractivity contribution >= 4 is 28.9 Å². The molecule has 0 radical (unpaired) electrons. The summed E-state index contributed by atoms with van der Waals surface area (Å²) in [5.41, 5.74) is 2.46. The number of aromatic nitrogens is 1. The fraction of sp³-hybridized carbons (Fsp3) is 0. The third-order valence-electron chi connectivity index (χ3n) is 3.07. The van der Waals surface area contributed by atoms with Crippen LogP contribution in [-0.4, -0.2) is 10.8 Å². The Morgan fingerprint density at radius 2 is 1.83 bits per heavy atom. The Labute approximate surface area is 141 Å². The molecular weight excluding hydrogens is 329 g/mol. The second-order valence-corrected chi connectivity index (χ2v) is 6.67. The monoisotopic (exact) mass is 341 g/mol. The highest BCUT2D eigenvalue weighted by atomic mass is 32.2. The van der Waals surface area contributed by atoms with E-state index in [1.807, 2.05) is 35.7 Å². The van der Waals surface area contributed by atoms with E-state index < -0.39 is 0 Å². The second-order valence-electron chi connectivity index (χ2n) is 4.66. The average Bonchev–Trinajstić information content (AvgIpc) is 3.05. The molecule has 5 heteroatoms. The largest absolute Gasteiger partial charge is 0.289 e. The lowest BCUT2D eigenvalue weighted by Crippen LogP contribution is -1.93. The zero-order chi connectivity index (χ0) is 16.1. The van der Waals surface area contributed by atoms with Crippen LogP contribution >= 0.6 is 23.1 Å². The molecule has 3 rings (SSSR count). The first-order valence-corrected chi connectivity index (χ1v) is 8.62. The number of rotatable bonds is 5. The van der Waals surface area contributed by atoms with Gasteiger partial charge in [0.05, 0.1) is 5.69 Å². The van der Waals surface area contributed by atoms with Crippen LogP contribution in [0.2, 0.25) is 0 Å². The number of thiazole rings is 1. The molecule has 0 saturated carbocycles. The molecule has 114 valence electrons. The van der Waals surface area contributed by atoms with Gasteiger partial charge in [-0.3, -0.25) is 4.79 Å². The first-order chi connectivity index (χ1) is 11.2. The molecule has 0 amide bonds. The van der Waals surface area contributed by atoms with Crippen molar-refractivity contribution in [2.75, 3.05) is 0 Å². The summed E-state index contributed by atoms with van der Waals surface area (Å²) in [4.78, 5) is 16.5. The van der Waals surface area contributed by atoms with E-state index in [1.54, 1.807) is 5.41 Å². The molecular formula is C18H12FNOS2. The smallest absolute Gasteiger partial charge is 0.186 e. The predicted molar refractivity (Wildman–Crippen MR) is 93.3 cm³/mol. The maximum absolute atomic E-state index is 12.8. The number of allylic oxidation sites excluding steroid dienone is 1. The number of carbonyl (C=O) groups excluding carboxylic acids is 1. The zero-order valence-electron chi connectivity index (χ0n) is 12.0. The molecule has 0 aliphatic rings. The zero-order valence-corrected chi connectivity index (χ0v) is 13.6. The summed E-state index contributed by atoms with van der Waals surface area (Å²) in [6.07, 6.45) is 1.47. The summed E-state index contributed by atoms with van der Waals surface area (Å²) in [6.45, 7) is 0. The molecule has 0 aliphatic heterocycles. The molecule has 2 nitrogen and oxygen atoms in total. The van der Waals surface area contributed by atoms with Crippen molar-refractivity contribution in [2.24, 2.45) is 0 Å².